The Morgan fingerprint density at radius 1 is 1.18 bits per heavy atom. The van der Waals surface area contributed by atoms with Crippen LogP contribution in [-0.2, 0) is 4.79 Å². The monoisotopic (exact) mass is 461 g/mol. The summed E-state index contributed by atoms with van der Waals surface area (Å²) in [6, 6.07) is 13.9. The Morgan fingerprint density at radius 3 is 2.65 bits per heavy atom. The van der Waals surface area contributed by atoms with Crippen molar-refractivity contribution in [1.29, 1.82) is 0 Å². The molecule has 0 saturated carbocycles. The minimum absolute atomic E-state index is 0.0262. The van der Waals surface area contributed by atoms with Crippen molar-refractivity contribution in [2.45, 2.75) is 6.92 Å². The number of hydrogen-bond acceptors (Lipinski definition) is 10. The zero-order valence-electron chi connectivity index (χ0n) is 18.1. The van der Waals surface area contributed by atoms with Gasteiger partial charge in [0.2, 0.25) is 17.5 Å². The van der Waals surface area contributed by atoms with E-state index in [1.165, 1.54) is 24.9 Å². The molecule has 2 aromatic carbocycles. The maximum Gasteiger partial charge on any atom is 0.294 e. The minimum atomic E-state index is -0.620. The molecule has 4 aromatic rings. The number of carbonyl (C=O) groups excluding carboxylic acids is 2. The quantitative estimate of drug-likeness (QED) is 0.273. The predicted octanol–water partition coefficient (Wildman–Crippen LogP) is 1.63. The van der Waals surface area contributed by atoms with Crippen LogP contribution in [0.3, 0.4) is 0 Å². The molecule has 2 aromatic heterocycles. The van der Waals surface area contributed by atoms with Gasteiger partial charge in [-0.2, -0.15) is 9.78 Å². The summed E-state index contributed by atoms with van der Waals surface area (Å²) in [5, 5.41) is 21.9. The first-order chi connectivity index (χ1) is 16.5. The first kappa shape index (κ1) is 22.1. The van der Waals surface area contributed by atoms with E-state index >= 15 is 0 Å². The largest absolute Gasteiger partial charge is 0.497 e. The summed E-state index contributed by atoms with van der Waals surface area (Å²) in [7, 11) is 1.53. The van der Waals surface area contributed by atoms with E-state index in [0.29, 0.717) is 22.6 Å². The van der Waals surface area contributed by atoms with Crippen LogP contribution < -0.4 is 21.2 Å². The Morgan fingerprint density at radius 2 is 1.97 bits per heavy atom. The number of anilines is 2. The SMILES string of the molecule is COc1cccc(-c2c(C(=O)NN=Cc3ccc(NC(C)=O)cc3)nnn2-c2nonc2N)c1. The highest BCUT2D eigenvalue weighted by Crippen LogP contribution is 2.28. The lowest BCUT2D eigenvalue weighted by atomic mass is 10.1. The third-order valence-corrected chi connectivity index (χ3v) is 4.54. The summed E-state index contributed by atoms with van der Waals surface area (Å²) in [6.45, 7) is 1.42. The fraction of sp³-hybridized carbons (Fsp3) is 0.0952. The van der Waals surface area contributed by atoms with Crippen molar-refractivity contribution in [2.24, 2.45) is 5.10 Å². The van der Waals surface area contributed by atoms with Gasteiger partial charge in [0.1, 0.15) is 11.4 Å². The first-order valence-electron chi connectivity index (χ1n) is 9.86. The highest BCUT2D eigenvalue weighted by atomic mass is 16.6. The average molecular weight is 461 g/mol. The second kappa shape index (κ2) is 9.60. The molecule has 0 aliphatic rings. The van der Waals surface area contributed by atoms with E-state index in [1.54, 1.807) is 48.5 Å². The van der Waals surface area contributed by atoms with Gasteiger partial charge in [0.05, 0.1) is 13.3 Å². The van der Waals surface area contributed by atoms with Crippen molar-refractivity contribution >= 4 is 29.5 Å². The minimum Gasteiger partial charge on any atom is -0.497 e. The van der Waals surface area contributed by atoms with E-state index in [2.05, 4.69) is 41.1 Å². The van der Waals surface area contributed by atoms with Gasteiger partial charge in [-0.25, -0.2) is 10.1 Å². The van der Waals surface area contributed by atoms with Crippen molar-refractivity contribution in [2.75, 3.05) is 18.2 Å². The van der Waals surface area contributed by atoms with E-state index in [0.717, 1.165) is 0 Å². The number of nitrogens with two attached hydrogens (primary N) is 1. The second-order valence-corrected chi connectivity index (χ2v) is 6.91. The van der Waals surface area contributed by atoms with Crippen molar-refractivity contribution in [3.05, 3.63) is 59.8 Å². The Balaban J connectivity index is 1.61. The van der Waals surface area contributed by atoms with Crippen LogP contribution in [0.5, 0.6) is 5.75 Å². The maximum absolute atomic E-state index is 12.9. The zero-order valence-corrected chi connectivity index (χ0v) is 18.1. The number of hydrogen-bond donors (Lipinski definition) is 3. The molecule has 0 bridgehead atoms. The van der Waals surface area contributed by atoms with Crippen LogP contribution in [0.2, 0.25) is 0 Å². The van der Waals surface area contributed by atoms with Crippen LogP contribution in [0.25, 0.3) is 17.1 Å². The highest BCUT2D eigenvalue weighted by molar-refractivity contribution is 5.99. The van der Waals surface area contributed by atoms with Crippen molar-refractivity contribution in [1.82, 2.24) is 30.7 Å². The highest BCUT2D eigenvalue weighted by Gasteiger charge is 2.25. The molecule has 2 heterocycles. The number of nitrogens with one attached hydrogen (secondary N) is 2. The van der Waals surface area contributed by atoms with Crippen LogP contribution in [0, 0.1) is 0 Å². The Kier molecular flexibility index (Phi) is 6.25. The lowest BCUT2D eigenvalue weighted by Gasteiger charge is -2.07. The number of ether oxygens (including phenoxy) is 1. The number of methoxy groups -OCH3 is 1. The number of amides is 2. The topological polar surface area (TPSA) is 175 Å². The van der Waals surface area contributed by atoms with Crippen LogP contribution in [0.15, 0.2) is 58.3 Å². The van der Waals surface area contributed by atoms with Gasteiger partial charge in [0.15, 0.2) is 5.69 Å². The van der Waals surface area contributed by atoms with Gasteiger partial charge in [-0.05, 0) is 40.1 Å². The standard InChI is InChI=1S/C21H19N9O4/c1-12(31)24-15-8-6-13(7-9-15)11-23-26-21(32)17-18(14-4-3-5-16(10-14)33-2)30(29-25-17)20-19(22)27-34-28-20/h3-11H,1-2H3,(H2,22,27)(H,24,31)(H,26,32). The molecule has 0 fully saturated rings. The fourth-order valence-corrected chi connectivity index (χ4v) is 3.02. The number of hydrazone groups is 1. The van der Waals surface area contributed by atoms with Gasteiger partial charge in [0, 0.05) is 18.2 Å². The van der Waals surface area contributed by atoms with Gasteiger partial charge in [-0.3, -0.25) is 9.59 Å². The van der Waals surface area contributed by atoms with E-state index in [9.17, 15) is 9.59 Å². The molecule has 0 saturated heterocycles. The molecular formula is C21H19N9O4. The molecule has 4 rings (SSSR count). The summed E-state index contributed by atoms with van der Waals surface area (Å²) in [6.07, 6.45) is 1.45. The number of nitrogens with zero attached hydrogens (tertiary/aromatic N) is 6. The van der Waals surface area contributed by atoms with E-state index in [-0.39, 0.29) is 28.9 Å². The molecule has 13 nitrogen and oxygen atoms in total. The number of benzene rings is 2. The van der Waals surface area contributed by atoms with E-state index in [1.807, 2.05) is 0 Å². The fourth-order valence-electron chi connectivity index (χ4n) is 3.02. The van der Waals surface area contributed by atoms with Crippen LogP contribution >= 0.6 is 0 Å². The number of rotatable bonds is 7. The van der Waals surface area contributed by atoms with Crippen LogP contribution in [-0.4, -0.2) is 50.4 Å². The summed E-state index contributed by atoms with van der Waals surface area (Å²) in [4.78, 5) is 24.0. The molecule has 2 amide bonds. The smallest absolute Gasteiger partial charge is 0.294 e. The molecule has 172 valence electrons. The third-order valence-electron chi connectivity index (χ3n) is 4.54. The maximum atomic E-state index is 12.9. The molecule has 0 aliphatic heterocycles. The molecule has 34 heavy (non-hydrogen) atoms. The number of carbonyl (C=O) groups is 2. The summed E-state index contributed by atoms with van der Waals surface area (Å²) in [5.74, 6) is -0.181. The normalized spacial score (nSPS) is 10.9. The van der Waals surface area contributed by atoms with Gasteiger partial charge < -0.3 is 15.8 Å². The lowest BCUT2D eigenvalue weighted by molar-refractivity contribution is -0.114. The van der Waals surface area contributed by atoms with Gasteiger partial charge in [0.25, 0.3) is 5.91 Å². The third kappa shape index (κ3) is 4.72. The predicted molar refractivity (Wildman–Crippen MR) is 121 cm³/mol. The Labute approximate surface area is 192 Å². The first-order valence-corrected chi connectivity index (χ1v) is 9.86. The Bertz CT molecular complexity index is 1360. The van der Waals surface area contributed by atoms with Crippen molar-refractivity contribution in [3.63, 3.8) is 0 Å². The van der Waals surface area contributed by atoms with Gasteiger partial charge in [-0.1, -0.05) is 29.5 Å². The molecule has 0 spiro atoms. The second-order valence-electron chi connectivity index (χ2n) is 6.91. The molecule has 0 aliphatic carbocycles. The Hall–Kier alpha value is -5.07. The van der Waals surface area contributed by atoms with Crippen molar-refractivity contribution < 1.29 is 19.0 Å². The summed E-state index contributed by atoms with van der Waals surface area (Å²) < 4.78 is 11.2. The molecular weight excluding hydrogens is 442 g/mol. The lowest BCUT2D eigenvalue weighted by Crippen LogP contribution is -2.19. The van der Waals surface area contributed by atoms with Gasteiger partial charge in [-0.15, -0.1) is 5.10 Å². The number of nitrogen functional groups attached to an aromatic ring is 1. The van der Waals surface area contributed by atoms with E-state index < -0.39 is 5.91 Å². The van der Waals surface area contributed by atoms with Gasteiger partial charge >= 0.3 is 0 Å². The molecule has 4 N–H and O–H groups in total. The molecule has 0 radical (unpaired) electrons. The van der Waals surface area contributed by atoms with Crippen molar-refractivity contribution in [3.8, 4) is 22.8 Å². The molecule has 0 unspecified atom stereocenters. The zero-order chi connectivity index (χ0) is 24.1. The number of aromatic nitrogens is 5. The van der Waals surface area contributed by atoms with Crippen LogP contribution in [0.4, 0.5) is 11.5 Å². The molecule has 13 heteroatoms. The average Bonchev–Trinajstić information content (AvgIpc) is 3.45. The van der Waals surface area contributed by atoms with Crippen LogP contribution in [0.1, 0.15) is 23.0 Å². The summed E-state index contributed by atoms with van der Waals surface area (Å²) >= 11 is 0. The summed E-state index contributed by atoms with van der Waals surface area (Å²) in [5.41, 5.74) is 10.4. The molecule has 0 atom stereocenters. The van der Waals surface area contributed by atoms with E-state index in [4.69, 9.17) is 10.5 Å².